The topological polar surface area (TPSA) is 125 Å². The molecule has 0 radical (unpaired) electrons. The summed E-state index contributed by atoms with van der Waals surface area (Å²) in [6.45, 7) is 9.98. The molecular formula is C27H38N6O4. The Hall–Kier alpha value is -3.05. The first-order valence-electron chi connectivity index (χ1n) is 12.7. The summed E-state index contributed by atoms with van der Waals surface area (Å²) in [5, 5.41) is 27.9. The Bertz CT molecular complexity index is 1210. The van der Waals surface area contributed by atoms with Crippen molar-refractivity contribution in [1.82, 2.24) is 24.8 Å². The van der Waals surface area contributed by atoms with Crippen LogP contribution < -0.4 is 10.6 Å². The number of amides is 2. The first-order chi connectivity index (χ1) is 17.5. The van der Waals surface area contributed by atoms with Gasteiger partial charge in [-0.25, -0.2) is 14.8 Å². The minimum absolute atomic E-state index is 0.0656. The van der Waals surface area contributed by atoms with Crippen LogP contribution >= 0.6 is 0 Å². The Balaban J connectivity index is 1.21. The molecule has 10 heteroatoms. The minimum Gasteiger partial charge on any atom is -0.387 e. The number of aryl methyl sites for hydroxylation is 1. The number of nitrogens with zero attached hydrogens (tertiary/aromatic N) is 4. The second kappa shape index (κ2) is 11.1. The third-order valence-electron chi connectivity index (χ3n) is 6.82. The summed E-state index contributed by atoms with van der Waals surface area (Å²) < 4.78 is 7.82. The first-order valence-corrected chi connectivity index (χ1v) is 12.7. The van der Waals surface area contributed by atoms with Crippen LogP contribution in [0.15, 0.2) is 42.9 Å². The molecule has 4 N–H and O–H groups in total. The van der Waals surface area contributed by atoms with E-state index in [1.54, 1.807) is 10.8 Å². The van der Waals surface area contributed by atoms with E-state index in [-0.39, 0.29) is 11.4 Å². The number of likely N-dealkylation sites (N-methyl/N-ethyl adjacent to an activating group) is 1. The average Bonchev–Trinajstić information content (AvgIpc) is 3.39. The van der Waals surface area contributed by atoms with Gasteiger partial charge in [0.25, 0.3) is 0 Å². The number of carbonyl (C=O) groups is 1. The van der Waals surface area contributed by atoms with Gasteiger partial charge in [0.2, 0.25) is 0 Å². The van der Waals surface area contributed by atoms with Crippen LogP contribution in [-0.4, -0.2) is 80.7 Å². The van der Waals surface area contributed by atoms with Gasteiger partial charge in [0.1, 0.15) is 30.3 Å². The van der Waals surface area contributed by atoms with Gasteiger partial charge in [0.15, 0.2) is 6.23 Å². The van der Waals surface area contributed by atoms with Crippen LogP contribution in [0.1, 0.15) is 44.7 Å². The van der Waals surface area contributed by atoms with Crippen LogP contribution in [0, 0.1) is 6.92 Å². The lowest BCUT2D eigenvalue weighted by molar-refractivity contribution is -0.0419. The van der Waals surface area contributed by atoms with Crippen LogP contribution in [0.3, 0.4) is 0 Å². The average molecular weight is 511 g/mol. The summed E-state index contributed by atoms with van der Waals surface area (Å²) in [4.78, 5) is 22.8. The zero-order valence-electron chi connectivity index (χ0n) is 22.2. The van der Waals surface area contributed by atoms with E-state index in [4.69, 9.17) is 4.74 Å². The monoisotopic (exact) mass is 510 g/mol. The highest BCUT2D eigenvalue weighted by molar-refractivity contribution is 5.89. The number of fused-ring (bicyclic) bond motifs is 1. The zero-order valence-corrected chi connectivity index (χ0v) is 22.2. The van der Waals surface area contributed by atoms with Crippen molar-refractivity contribution < 1.29 is 19.7 Å². The number of carbonyl (C=O) groups excluding carboxylic acids is 1. The van der Waals surface area contributed by atoms with Crippen molar-refractivity contribution in [1.29, 1.82) is 0 Å². The fourth-order valence-corrected chi connectivity index (χ4v) is 4.59. The molecule has 1 fully saturated rings. The van der Waals surface area contributed by atoms with Crippen molar-refractivity contribution in [2.24, 2.45) is 0 Å². The van der Waals surface area contributed by atoms with E-state index < -0.39 is 24.5 Å². The maximum Gasteiger partial charge on any atom is 0.319 e. The Morgan fingerprint density at radius 1 is 1.14 bits per heavy atom. The molecule has 1 aliphatic rings. The Morgan fingerprint density at radius 2 is 1.86 bits per heavy atom. The molecule has 3 heterocycles. The highest BCUT2D eigenvalue weighted by Crippen LogP contribution is 2.32. The minimum atomic E-state index is -1.08. The van der Waals surface area contributed by atoms with E-state index in [1.807, 2.05) is 49.2 Å². The van der Waals surface area contributed by atoms with Crippen molar-refractivity contribution in [3.8, 4) is 0 Å². The maximum absolute atomic E-state index is 12.2. The number of aliphatic hydroxyl groups excluding tert-OH is 2. The van der Waals surface area contributed by atoms with Gasteiger partial charge in [0.05, 0.1) is 5.69 Å². The molecule has 1 aliphatic heterocycles. The standard InChI is InChI=1S/C27H38N6O4/c1-17-20-11-14-33(24(20)30-16-29-17)25-23(35)22(34)21(37-25)15-32(5)13-6-12-28-26(36)31-19-9-7-18(8-10-19)27(2,3)4/h7-11,14,16,21-23,25,34-35H,6,12-13,15H2,1-5H3,(H2,28,31,36)/t21-,22-,23-,25-/m1/s1. The summed E-state index contributed by atoms with van der Waals surface area (Å²) in [5.41, 5.74) is 3.53. The highest BCUT2D eigenvalue weighted by Gasteiger charge is 2.44. The zero-order chi connectivity index (χ0) is 26.7. The number of aliphatic hydroxyl groups is 2. The maximum atomic E-state index is 12.2. The van der Waals surface area contributed by atoms with E-state index in [1.165, 1.54) is 11.9 Å². The summed E-state index contributed by atoms with van der Waals surface area (Å²) in [5.74, 6) is 0. The summed E-state index contributed by atoms with van der Waals surface area (Å²) in [6, 6.07) is 9.51. The van der Waals surface area contributed by atoms with Gasteiger partial charge in [-0.1, -0.05) is 32.9 Å². The smallest absolute Gasteiger partial charge is 0.319 e. The fourth-order valence-electron chi connectivity index (χ4n) is 4.59. The number of hydrogen-bond acceptors (Lipinski definition) is 7. The number of rotatable bonds is 8. The van der Waals surface area contributed by atoms with Gasteiger partial charge >= 0.3 is 6.03 Å². The number of urea groups is 1. The highest BCUT2D eigenvalue weighted by atomic mass is 16.6. The number of hydrogen-bond donors (Lipinski definition) is 4. The molecule has 2 aromatic heterocycles. The third kappa shape index (κ3) is 6.27. The lowest BCUT2D eigenvalue weighted by atomic mass is 9.87. The summed E-state index contributed by atoms with van der Waals surface area (Å²) in [7, 11) is 1.92. The van der Waals surface area contributed by atoms with Crippen LogP contribution in [-0.2, 0) is 10.2 Å². The molecule has 4 rings (SSSR count). The van der Waals surface area contributed by atoms with Crippen LogP contribution in [0.2, 0.25) is 0 Å². The molecule has 1 aromatic carbocycles. The van der Waals surface area contributed by atoms with Crippen LogP contribution in [0.25, 0.3) is 11.0 Å². The Kier molecular flexibility index (Phi) is 8.13. The lowest BCUT2D eigenvalue weighted by Crippen LogP contribution is -2.39. The van der Waals surface area contributed by atoms with Gasteiger partial charge in [-0.3, -0.25) is 0 Å². The van der Waals surface area contributed by atoms with Crippen LogP contribution in [0.4, 0.5) is 10.5 Å². The molecule has 0 aliphatic carbocycles. The van der Waals surface area contributed by atoms with E-state index in [9.17, 15) is 15.0 Å². The van der Waals surface area contributed by atoms with Gasteiger partial charge in [-0.15, -0.1) is 0 Å². The molecule has 0 saturated carbocycles. The predicted molar refractivity (Wildman–Crippen MR) is 142 cm³/mol. The van der Waals surface area contributed by atoms with Crippen molar-refractivity contribution in [3.05, 3.63) is 54.1 Å². The molecule has 1 saturated heterocycles. The molecule has 2 amide bonds. The second-order valence-corrected chi connectivity index (χ2v) is 10.8. The molecule has 0 bridgehead atoms. The number of benzene rings is 1. The summed E-state index contributed by atoms with van der Waals surface area (Å²) >= 11 is 0. The van der Waals surface area contributed by atoms with Gasteiger partial charge < -0.3 is 35.1 Å². The van der Waals surface area contributed by atoms with E-state index in [0.717, 1.165) is 23.2 Å². The quantitative estimate of drug-likeness (QED) is 0.344. The van der Waals surface area contributed by atoms with Crippen molar-refractivity contribution in [3.63, 3.8) is 0 Å². The second-order valence-electron chi connectivity index (χ2n) is 10.8. The SMILES string of the molecule is Cc1ncnc2c1ccn2[C@@H]1O[C@H](CN(C)CCCNC(=O)Nc2ccc(C(C)(C)C)cc2)[C@@H](O)[C@H]1O. The van der Waals surface area contributed by atoms with Crippen LogP contribution in [0.5, 0.6) is 0 Å². The lowest BCUT2D eigenvalue weighted by Gasteiger charge is -2.23. The molecule has 3 aromatic rings. The Morgan fingerprint density at radius 3 is 2.57 bits per heavy atom. The van der Waals surface area contributed by atoms with E-state index >= 15 is 0 Å². The largest absolute Gasteiger partial charge is 0.387 e. The third-order valence-corrected chi connectivity index (χ3v) is 6.82. The van der Waals surface area contributed by atoms with Crippen molar-refractivity contribution >= 4 is 22.8 Å². The number of anilines is 1. The first kappa shape index (κ1) is 27.0. The molecule has 200 valence electrons. The molecule has 4 atom stereocenters. The number of ether oxygens (including phenoxy) is 1. The number of nitrogens with one attached hydrogen (secondary N) is 2. The summed E-state index contributed by atoms with van der Waals surface area (Å²) in [6.07, 6.45) is 0.609. The van der Waals surface area contributed by atoms with E-state index in [2.05, 4.69) is 41.4 Å². The van der Waals surface area contributed by atoms with Crippen molar-refractivity contribution in [2.75, 3.05) is 32.0 Å². The Labute approximate surface area is 217 Å². The molecule has 0 unspecified atom stereocenters. The molecular weight excluding hydrogens is 472 g/mol. The normalized spacial score (nSPS) is 22.1. The molecule has 0 spiro atoms. The van der Waals surface area contributed by atoms with Gasteiger partial charge in [-0.05, 0) is 56.1 Å². The van der Waals surface area contributed by atoms with Crippen molar-refractivity contribution in [2.45, 2.75) is 64.1 Å². The molecule has 37 heavy (non-hydrogen) atoms. The molecule has 10 nitrogen and oxygen atoms in total. The predicted octanol–water partition coefficient (Wildman–Crippen LogP) is 2.80. The van der Waals surface area contributed by atoms with Gasteiger partial charge in [0, 0.05) is 30.4 Å². The fraction of sp³-hybridized carbons (Fsp3) is 0.519. The van der Waals surface area contributed by atoms with Gasteiger partial charge in [-0.2, -0.15) is 0 Å². The van der Waals surface area contributed by atoms with E-state index in [0.29, 0.717) is 25.3 Å². The number of aromatic nitrogens is 3.